The summed E-state index contributed by atoms with van der Waals surface area (Å²) in [4.78, 5) is 11.4. The van der Waals surface area contributed by atoms with Crippen molar-refractivity contribution in [1.29, 1.82) is 0 Å². The lowest BCUT2D eigenvalue weighted by Gasteiger charge is -2.11. The number of rotatable bonds is 8. The third-order valence-corrected chi connectivity index (χ3v) is 3.99. The van der Waals surface area contributed by atoms with Crippen molar-refractivity contribution < 1.29 is 27.8 Å². The molecule has 0 radical (unpaired) electrons. The first-order chi connectivity index (χ1) is 9.92. The highest BCUT2D eigenvalue weighted by Crippen LogP contribution is 2.19. The average molecular weight is 318 g/mol. The van der Waals surface area contributed by atoms with Crippen molar-refractivity contribution in [1.82, 2.24) is 4.72 Å². The lowest BCUT2D eigenvalue weighted by Crippen LogP contribution is -2.29. The van der Waals surface area contributed by atoms with E-state index in [-0.39, 0.29) is 42.5 Å². The number of hydrogen-bond donors (Lipinski definition) is 3. The van der Waals surface area contributed by atoms with Gasteiger partial charge >= 0.3 is 5.97 Å². The molecular weight excluding hydrogens is 300 g/mol. The molecule has 0 amide bonds. The van der Waals surface area contributed by atoms with E-state index in [1.54, 1.807) is 0 Å². The quantitative estimate of drug-likeness (QED) is 0.330. The van der Waals surface area contributed by atoms with Crippen molar-refractivity contribution in [3.63, 3.8) is 0 Å². The highest BCUT2D eigenvalue weighted by Gasteiger charge is 2.22. The van der Waals surface area contributed by atoms with E-state index < -0.39 is 16.0 Å². The van der Waals surface area contributed by atoms with Gasteiger partial charge in [0.25, 0.3) is 0 Å². The first kappa shape index (κ1) is 17.4. The molecule has 0 atom stereocenters. The van der Waals surface area contributed by atoms with Crippen LogP contribution in [0, 0.1) is 0 Å². The minimum Gasteiger partial charge on any atom is -0.465 e. The molecule has 0 aliphatic heterocycles. The third kappa shape index (κ3) is 4.97. The molecule has 0 bridgehead atoms. The minimum absolute atomic E-state index is 0.00726. The second-order valence-electron chi connectivity index (χ2n) is 3.98. The van der Waals surface area contributed by atoms with E-state index in [9.17, 15) is 13.2 Å². The zero-order valence-corrected chi connectivity index (χ0v) is 12.4. The van der Waals surface area contributed by atoms with Crippen LogP contribution in [0.4, 0.5) is 5.69 Å². The van der Waals surface area contributed by atoms with Gasteiger partial charge in [0.2, 0.25) is 10.0 Å². The standard InChI is InChI=1S/C12H18N2O6S/c1-19-12(16)10-8-9(13)2-3-11(10)21(17,18)14-4-6-20-7-5-15/h2-3,8,14-15H,4-7,13H2,1H3. The van der Waals surface area contributed by atoms with Crippen LogP contribution in [0.15, 0.2) is 23.1 Å². The number of sulfonamides is 1. The molecule has 0 unspecified atom stereocenters. The number of carbonyl (C=O) groups excluding carboxylic acids is 1. The van der Waals surface area contributed by atoms with Crippen molar-refractivity contribution in [3.05, 3.63) is 23.8 Å². The predicted molar refractivity (Wildman–Crippen MR) is 75.3 cm³/mol. The molecule has 1 rings (SSSR count). The fraction of sp³-hybridized carbons (Fsp3) is 0.417. The van der Waals surface area contributed by atoms with Crippen LogP contribution >= 0.6 is 0 Å². The average Bonchev–Trinajstić information content (AvgIpc) is 2.45. The van der Waals surface area contributed by atoms with Crippen molar-refractivity contribution in [2.24, 2.45) is 0 Å². The molecular formula is C12H18N2O6S. The number of nitrogens with one attached hydrogen (secondary N) is 1. The molecule has 0 aliphatic rings. The fourth-order valence-corrected chi connectivity index (χ4v) is 2.73. The Bertz CT molecular complexity index is 587. The Morgan fingerprint density at radius 3 is 2.71 bits per heavy atom. The van der Waals surface area contributed by atoms with Crippen LogP contribution in [0.2, 0.25) is 0 Å². The first-order valence-corrected chi connectivity index (χ1v) is 7.57. The summed E-state index contributed by atoms with van der Waals surface area (Å²) in [5.41, 5.74) is 5.66. The lowest BCUT2D eigenvalue weighted by molar-refractivity contribution is 0.0596. The molecule has 21 heavy (non-hydrogen) atoms. The van der Waals surface area contributed by atoms with Crippen molar-refractivity contribution in [3.8, 4) is 0 Å². The molecule has 0 aromatic heterocycles. The van der Waals surface area contributed by atoms with Crippen molar-refractivity contribution in [2.45, 2.75) is 4.90 Å². The molecule has 9 heteroatoms. The largest absolute Gasteiger partial charge is 0.465 e. The van der Waals surface area contributed by atoms with Crippen LogP contribution in [0.25, 0.3) is 0 Å². The summed E-state index contributed by atoms with van der Waals surface area (Å²) >= 11 is 0. The number of esters is 1. The molecule has 1 aromatic rings. The highest BCUT2D eigenvalue weighted by atomic mass is 32.2. The van der Waals surface area contributed by atoms with Gasteiger partial charge in [-0.25, -0.2) is 17.9 Å². The van der Waals surface area contributed by atoms with Gasteiger partial charge in [0.1, 0.15) is 0 Å². The highest BCUT2D eigenvalue weighted by molar-refractivity contribution is 7.89. The van der Waals surface area contributed by atoms with Crippen LogP contribution in [-0.4, -0.2) is 53.0 Å². The second-order valence-corrected chi connectivity index (χ2v) is 5.72. The Kier molecular flexibility index (Phi) is 6.56. The van der Waals surface area contributed by atoms with E-state index in [4.69, 9.17) is 15.6 Å². The van der Waals surface area contributed by atoms with Gasteiger partial charge in [-0.05, 0) is 18.2 Å². The molecule has 8 nitrogen and oxygen atoms in total. The minimum atomic E-state index is -3.90. The Labute approximate surface area is 122 Å². The Balaban J connectivity index is 2.90. The maximum atomic E-state index is 12.2. The zero-order valence-electron chi connectivity index (χ0n) is 11.5. The number of nitrogen functional groups attached to an aromatic ring is 1. The number of hydrogen-bond acceptors (Lipinski definition) is 7. The van der Waals surface area contributed by atoms with Crippen LogP contribution in [0.3, 0.4) is 0 Å². The molecule has 4 N–H and O–H groups in total. The van der Waals surface area contributed by atoms with Crippen LogP contribution in [0.5, 0.6) is 0 Å². The third-order valence-electron chi connectivity index (χ3n) is 2.47. The smallest absolute Gasteiger partial charge is 0.339 e. The fourth-order valence-electron chi connectivity index (χ4n) is 1.54. The maximum Gasteiger partial charge on any atom is 0.339 e. The van der Waals surface area contributed by atoms with E-state index in [1.807, 2.05) is 0 Å². The van der Waals surface area contributed by atoms with Crippen LogP contribution in [-0.2, 0) is 19.5 Å². The molecule has 0 saturated heterocycles. The monoisotopic (exact) mass is 318 g/mol. The van der Waals surface area contributed by atoms with Gasteiger partial charge in [-0.15, -0.1) is 0 Å². The Hall–Kier alpha value is -1.68. The summed E-state index contributed by atoms with van der Waals surface area (Å²) in [6, 6.07) is 3.85. The number of benzene rings is 1. The van der Waals surface area contributed by atoms with E-state index in [0.717, 1.165) is 7.11 Å². The summed E-state index contributed by atoms with van der Waals surface area (Å²) in [7, 11) is -2.75. The number of nitrogens with two attached hydrogens (primary N) is 1. The maximum absolute atomic E-state index is 12.2. The molecule has 0 aliphatic carbocycles. The van der Waals surface area contributed by atoms with Gasteiger partial charge in [-0.2, -0.15) is 0 Å². The number of aliphatic hydroxyl groups is 1. The summed E-state index contributed by atoms with van der Waals surface area (Å²) in [5, 5.41) is 8.53. The van der Waals surface area contributed by atoms with E-state index >= 15 is 0 Å². The molecule has 118 valence electrons. The number of ether oxygens (including phenoxy) is 2. The summed E-state index contributed by atoms with van der Waals surface area (Å²) in [6.45, 7) is 0.0872. The summed E-state index contributed by atoms with van der Waals surface area (Å²) < 4.78 is 36.1. The van der Waals surface area contributed by atoms with Gasteiger partial charge in [-0.3, -0.25) is 0 Å². The summed E-state index contributed by atoms with van der Waals surface area (Å²) in [6.07, 6.45) is 0. The Morgan fingerprint density at radius 1 is 1.38 bits per heavy atom. The van der Waals surface area contributed by atoms with Crippen molar-refractivity contribution >= 4 is 21.7 Å². The number of aliphatic hydroxyl groups excluding tert-OH is 1. The van der Waals surface area contributed by atoms with E-state index in [0.29, 0.717) is 0 Å². The van der Waals surface area contributed by atoms with Gasteiger partial charge in [0, 0.05) is 12.2 Å². The van der Waals surface area contributed by atoms with Crippen LogP contribution < -0.4 is 10.5 Å². The molecule has 1 aromatic carbocycles. The van der Waals surface area contributed by atoms with Gasteiger partial charge in [0.15, 0.2) is 0 Å². The number of carbonyl (C=O) groups is 1. The normalized spacial score (nSPS) is 11.3. The number of anilines is 1. The van der Waals surface area contributed by atoms with Gasteiger partial charge < -0.3 is 20.3 Å². The first-order valence-electron chi connectivity index (χ1n) is 6.08. The Morgan fingerprint density at radius 2 is 2.10 bits per heavy atom. The van der Waals surface area contributed by atoms with Gasteiger partial charge in [-0.1, -0.05) is 0 Å². The van der Waals surface area contributed by atoms with Gasteiger partial charge in [0.05, 0.1) is 37.4 Å². The zero-order chi connectivity index (χ0) is 15.9. The van der Waals surface area contributed by atoms with Crippen LogP contribution in [0.1, 0.15) is 10.4 Å². The van der Waals surface area contributed by atoms with Crippen molar-refractivity contribution in [2.75, 3.05) is 39.2 Å². The molecule has 0 fully saturated rings. The molecule has 0 saturated carbocycles. The predicted octanol–water partition coefficient (Wildman–Crippen LogP) is -0.657. The second kappa shape index (κ2) is 7.93. The molecule has 0 heterocycles. The van der Waals surface area contributed by atoms with E-state index in [2.05, 4.69) is 9.46 Å². The SMILES string of the molecule is COC(=O)c1cc(N)ccc1S(=O)(=O)NCCOCCO. The number of methoxy groups -OCH3 is 1. The van der Waals surface area contributed by atoms with E-state index in [1.165, 1.54) is 18.2 Å². The topological polar surface area (TPSA) is 128 Å². The molecule has 0 spiro atoms. The lowest BCUT2D eigenvalue weighted by atomic mass is 10.2. The summed E-state index contributed by atoms with van der Waals surface area (Å²) in [5.74, 6) is -0.792.